The molecule has 152 valence electrons. The Morgan fingerprint density at radius 2 is 2.00 bits per heavy atom. The van der Waals surface area contributed by atoms with Crippen molar-refractivity contribution in [3.63, 3.8) is 0 Å². The highest BCUT2D eigenvalue weighted by Gasteiger charge is 2.21. The molecule has 2 N–H and O–H groups in total. The zero-order valence-electron chi connectivity index (χ0n) is 17.3. The van der Waals surface area contributed by atoms with E-state index in [9.17, 15) is 9.59 Å². The maximum atomic E-state index is 13.1. The van der Waals surface area contributed by atoms with Crippen molar-refractivity contribution in [3.8, 4) is 0 Å². The van der Waals surface area contributed by atoms with Gasteiger partial charge in [-0.2, -0.15) is 0 Å². The number of aromatic nitrogens is 2. The average molecular weight is 411 g/mol. The first-order valence-corrected chi connectivity index (χ1v) is 10.8. The van der Waals surface area contributed by atoms with Gasteiger partial charge in [0.25, 0.3) is 5.56 Å². The number of hydrogen-bond acceptors (Lipinski definition) is 4. The Labute approximate surface area is 174 Å². The number of carbonyl (C=O) groups is 1. The van der Waals surface area contributed by atoms with E-state index in [0.29, 0.717) is 27.7 Å². The molecule has 1 aliphatic heterocycles. The molecule has 0 spiro atoms. The molecule has 0 bridgehead atoms. The number of nitrogens with one attached hydrogen (secondary N) is 2. The van der Waals surface area contributed by atoms with E-state index in [2.05, 4.69) is 17.6 Å². The number of carbonyl (C=O) groups excluding carboxylic acids is 1. The Morgan fingerprint density at radius 1 is 1.21 bits per heavy atom. The SMILES string of the molecule is Cc1ccc(NC(=O)Nc2sc3nc4n(c(=O)c3c2C)CCC(C)CC4)c(C)c1. The molecule has 6 nitrogen and oxygen atoms in total. The number of hydrogen-bond donors (Lipinski definition) is 2. The molecule has 0 fully saturated rings. The lowest BCUT2D eigenvalue weighted by Gasteiger charge is -2.10. The molecule has 1 unspecified atom stereocenters. The van der Waals surface area contributed by atoms with Crippen LogP contribution in [0.2, 0.25) is 0 Å². The van der Waals surface area contributed by atoms with Crippen molar-refractivity contribution in [2.24, 2.45) is 5.92 Å². The largest absolute Gasteiger partial charge is 0.324 e. The van der Waals surface area contributed by atoms with Crippen LogP contribution in [0.4, 0.5) is 15.5 Å². The quantitative estimate of drug-likeness (QED) is 0.624. The zero-order chi connectivity index (χ0) is 20.7. The molecule has 4 rings (SSSR count). The first-order valence-electron chi connectivity index (χ1n) is 10.0. The lowest BCUT2D eigenvalue weighted by atomic mass is 10.0. The Kier molecular flexibility index (Phi) is 5.17. The minimum absolute atomic E-state index is 0.00990. The number of anilines is 2. The first-order chi connectivity index (χ1) is 13.8. The molecule has 2 amide bonds. The highest BCUT2D eigenvalue weighted by atomic mass is 32.1. The summed E-state index contributed by atoms with van der Waals surface area (Å²) in [6, 6.07) is 5.57. The third-order valence-corrected chi connectivity index (χ3v) is 6.79. The van der Waals surface area contributed by atoms with E-state index in [-0.39, 0.29) is 11.6 Å². The van der Waals surface area contributed by atoms with E-state index < -0.39 is 0 Å². The van der Waals surface area contributed by atoms with E-state index >= 15 is 0 Å². The molecule has 2 aromatic heterocycles. The summed E-state index contributed by atoms with van der Waals surface area (Å²) in [5.74, 6) is 1.46. The van der Waals surface area contributed by atoms with Gasteiger partial charge < -0.3 is 5.32 Å². The first kappa shape index (κ1) is 19.6. The molecule has 29 heavy (non-hydrogen) atoms. The average Bonchev–Trinajstić information content (AvgIpc) is 2.84. The van der Waals surface area contributed by atoms with E-state index in [0.717, 1.165) is 47.5 Å². The summed E-state index contributed by atoms with van der Waals surface area (Å²) in [7, 11) is 0. The summed E-state index contributed by atoms with van der Waals surface area (Å²) in [5, 5.41) is 7.09. The van der Waals surface area contributed by atoms with Gasteiger partial charge in [0.1, 0.15) is 15.7 Å². The summed E-state index contributed by atoms with van der Waals surface area (Å²) in [6.45, 7) is 8.79. The van der Waals surface area contributed by atoms with Gasteiger partial charge >= 0.3 is 6.03 Å². The molecule has 0 aliphatic carbocycles. The minimum atomic E-state index is -0.318. The fourth-order valence-electron chi connectivity index (χ4n) is 3.88. The Bertz CT molecular complexity index is 1160. The van der Waals surface area contributed by atoms with Crippen LogP contribution in [0.3, 0.4) is 0 Å². The smallest absolute Gasteiger partial charge is 0.307 e. The predicted molar refractivity (Wildman–Crippen MR) is 119 cm³/mol. The van der Waals surface area contributed by atoms with Crippen molar-refractivity contribution in [1.29, 1.82) is 0 Å². The second kappa shape index (κ2) is 7.63. The van der Waals surface area contributed by atoms with Gasteiger partial charge in [-0.1, -0.05) is 36.0 Å². The Morgan fingerprint density at radius 3 is 2.76 bits per heavy atom. The summed E-state index contributed by atoms with van der Waals surface area (Å²) < 4.78 is 1.82. The molecular weight excluding hydrogens is 384 g/mol. The Hall–Kier alpha value is -2.67. The standard InChI is InChI=1S/C22H26N4O2S/c1-12-6-8-17-24-20-18(21(27)26(17)10-9-12)15(4)19(29-20)25-22(28)23-16-7-5-13(2)11-14(16)3/h5,7,11-12H,6,8-10H2,1-4H3,(H2,23,25,28). The number of fused-ring (bicyclic) bond motifs is 2. The van der Waals surface area contributed by atoms with Crippen molar-refractivity contribution >= 4 is 38.3 Å². The van der Waals surface area contributed by atoms with Crippen LogP contribution < -0.4 is 16.2 Å². The highest BCUT2D eigenvalue weighted by Crippen LogP contribution is 2.33. The number of nitrogens with zero attached hydrogens (tertiary/aromatic N) is 2. The Balaban J connectivity index is 1.63. The summed E-state index contributed by atoms with van der Waals surface area (Å²) in [5.41, 5.74) is 3.72. The van der Waals surface area contributed by atoms with Crippen LogP contribution in [-0.4, -0.2) is 15.6 Å². The van der Waals surface area contributed by atoms with Crippen LogP contribution in [0.1, 0.15) is 42.3 Å². The molecule has 3 aromatic rings. The number of benzene rings is 1. The summed E-state index contributed by atoms with van der Waals surface area (Å²) in [6.07, 6.45) is 2.86. The normalized spacial score (nSPS) is 16.3. The van der Waals surface area contributed by atoms with Gasteiger partial charge in [-0.3, -0.25) is 14.7 Å². The fourth-order valence-corrected chi connectivity index (χ4v) is 4.96. The maximum Gasteiger partial charge on any atom is 0.324 e. The third kappa shape index (κ3) is 3.79. The second-order valence-electron chi connectivity index (χ2n) is 8.05. The van der Waals surface area contributed by atoms with Gasteiger partial charge in [-0.15, -0.1) is 0 Å². The van der Waals surface area contributed by atoms with Crippen LogP contribution in [-0.2, 0) is 13.0 Å². The predicted octanol–water partition coefficient (Wildman–Crippen LogP) is 5.00. The van der Waals surface area contributed by atoms with Crippen molar-refractivity contribution in [3.05, 3.63) is 51.1 Å². The lowest BCUT2D eigenvalue weighted by Crippen LogP contribution is -2.24. The number of aryl methyl sites for hydroxylation is 4. The molecule has 0 saturated heterocycles. The van der Waals surface area contributed by atoms with Gasteiger partial charge in [-0.25, -0.2) is 9.78 Å². The van der Waals surface area contributed by atoms with Crippen LogP contribution in [0, 0.1) is 26.7 Å². The number of amides is 2. The molecule has 1 atom stereocenters. The monoisotopic (exact) mass is 410 g/mol. The molecule has 1 aliphatic rings. The van der Waals surface area contributed by atoms with Crippen LogP contribution in [0.15, 0.2) is 23.0 Å². The van der Waals surface area contributed by atoms with Crippen LogP contribution >= 0.6 is 11.3 Å². The van der Waals surface area contributed by atoms with Crippen molar-refractivity contribution in [2.75, 3.05) is 10.6 Å². The topological polar surface area (TPSA) is 76.0 Å². The minimum Gasteiger partial charge on any atom is -0.307 e. The van der Waals surface area contributed by atoms with E-state index in [1.54, 1.807) is 0 Å². The van der Waals surface area contributed by atoms with Gasteiger partial charge in [0.2, 0.25) is 0 Å². The van der Waals surface area contributed by atoms with Crippen molar-refractivity contribution in [1.82, 2.24) is 9.55 Å². The second-order valence-corrected chi connectivity index (χ2v) is 9.05. The van der Waals surface area contributed by atoms with Gasteiger partial charge in [0.15, 0.2) is 0 Å². The van der Waals surface area contributed by atoms with E-state index in [1.807, 2.05) is 43.5 Å². The number of rotatable bonds is 2. The van der Waals surface area contributed by atoms with E-state index in [4.69, 9.17) is 4.98 Å². The van der Waals surface area contributed by atoms with Gasteiger partial charge in [-0.05, 0) is 56.7 Å². The summed E-state index contributed by atoms with van der Waals surface area (Å²) in [4.78, 5) is 31.2. The van der Waals surface area contributed by atoms with Crippen LogP contribution in [0.5, 0.6) is 0 Å². The lowest BCUT2D eigenvalue weighted by molar-refractivity contribution is 0.262. The molecule has 0 radical (unpaired) electrons. The van der Waals surface area contributed by atoms with Gasteiger partial charge in [0, 0.05) is 18.7 Å². The van der Waals surface area contributed by atoms with Crippen molar-refractivity contribution < 1.29 is 4.79 Å². The zero-order valence-corrected chi connectivity index (χ0v) is 18.1. The van der Waals surface area contributed by atoms with Crippen LogP contribution in [0.25, 0.3) is 10.2 Å². The third-order valence-electron chi connectivity index (χ3n) is 5.69. The summed E-state index contributed by atoms with van der Waals surface area (Å²) >= 11 is 1.37. The molecule has 7 heteroatoms. The van der Waals surface area contributed by atoms with E-state index in [1.165, 1.54) is 11.3 Å². The molecule has 3 heterocycles. The molecule has 0 saturated carbocycles. The van der Waals surface area contributed by atoms with Gasteiger partial charge in [0.05, 0.1) is 5.39 Å². The fraction of sp³-hybridized carbons (Fsp3) is 0.409. The molecular formula is C22H26N4O2S. The number of thiophene rings is 1. The number of urea groups is 1. The maximum absolute atomic E-state index is 13.1. The molecule has 1 aromatic carbocycles. The highest BCUT2D eigenvalue weighted by molar-refractivity contribution is 7.22. The van der Waals surface area contributed by atoms with Crippen molar-refractivity contribution in [2.45, 2.75) is 53.5 Å².